The third-order valence-corrected chi connectivity index (χ3v) is 3.92. The molecule has 0 saturated heterocycles. The van der Waals surface area contributed by atoms with Crippen molar-refractivity contribution >= 4 is 22.3 Å². The predicted molar refractivity (Wildman–Crippen MR) is 87.2 cm³/mol. The Bertz CT molecular complexity index is 603. The molecule has 3 N–H and O–H groups in total. The fourth-order valence-electron chi connectivity index (χ4n) is 2.71. The summed E-state index contributed by atoms with van der Waals surface area (Å²) in [7, 11) is 0. The number of benzene rings is 1. The van der Waals surface area contributed by atoms with Gasteiger partial charge in [-0.3, -0.25) is 10.8 Å². The van der Waals surface area contributed by atoms with Crippen LogP contribution in [0.4, 0.5) is 11.4 Å². The van der Waals surface area contributed by atoms with Crippen molar-refractivity contribution in [3.63, 3.8) is 0 Å². The molecular formula is C16H24N4. The molecule has 1 aromatic heterocycles. The number of nitrogen functional groups attached to an aromatic ring is 1. The normalized spacial score (nSPS) is 10.8. The van der Waals surface area contributed by atoms with Crippen LogP contribution in [0.5, 0.6) is 0 Å². The summed E-state index contributed by atoms with van der Waals surface area (Å²) in [6.45, 7) is 10.5. The van der Waals surface area contributed by atoms with Crippen molar-refractivity contribution in [3.05, 3.63) is 29.5 Å². The minimum absolute atomic E-state index is 0.911. The summed E-state index contributed by atoms with van der Waals surface area (Å²) in [5.41, 5.74) is 8.29. The van der Waals surface area contributed by atoms with Crippen molar-refractivity contribution in [3.8, 4) is 0 Å². The maximum Gasteiger partial charge on any atom is 0.0728 e. The van der Waals surface area contributed by atoms with E-state index >= 15 is 0 Å². The van der Waals surface area contributed by atoms with Crippen molar-refractivity contribution < 1.29 is 0 Å². The maximum atomic E-state index is 5.74. The van der Waals surface area contributed by atoms with Crippen molar-refractivity contribution in [2.24, 2.45) is 5.84 Å². The minimum Gasteiger partial charge on any atom is -0.372 e. The van der Waals surface area contributed by atoms with E-state index in [0.717, 1.165) is 47.4 Å². The molecular weight excluding hydrogens is 248 g/mol. The molecule has 0 fully saturated rings. The predicted octanol–water partition coefficient (Wildman–Crippen LogP) is 3.24. The van der Waals surface area contributed by atoms with Gasteiger partial charge in [-0.2, -0.15) is 0 Å². The van der Waals surface area contributed by atoms with Crippen LogP contribution in [0.25, 0.3) is 10.9 Å². The number of hydrazine groups is 1. The van der Waals surface area contributed by atoms with Gasteiger partial charge in [0.1, 0.15) is 0 Å². The lowest BCUT2D eigenvalue weighted by molar-refractivity contribution is 0.867. The number of anilines is 2. The largest absolute Gasteiger partial charge is 0.372 e. The molecule has 1 heterocycles. The molecule has 0 radical (unpaired) electrons. The molecule has 0 aliphatic carbocycles. The third kappa shape index (κ3) is 2.43. The van der Waals surface area contributed by atoms with E-state index in [9.17, 15) is 0 Å². The second-order valence-corrected chi connectivity index (χ2v) is 4.93. The number of nitrogens with zero attached hydrogens (tertiary/aromatic N) is 2. The Morgan fingerprint density at radius 1 is 1.20 bits per heavy atom. The number of hydrogen-bond acceptors (Lipinski definition) is 4. The molecule has 0 aliphatic rings. The van der Waals surface area contributed by atoms with Gasteiger partial charge >= 0.3 is 0 Å². The average Bonchev–Trinajstić information content (AvgIpc) is 2.48. The van der Waals surface area contributed by atoms with E-state index < -0.39 is 0 Å². The fourth-order valence-corrected chi connectivity index (χ4v) is 2.71. The Balaban J connectivity index is 2.67. The van der Waals surface area contributed by atoms with Crippen LogP contribution in [0.3, 0.4) is 0 Å². The number of rotatable bonds is 5. The van der Waals surface area contributed by atoms with Crippen LogP contribution in [0, 0.1) is 6.92 Å². The summed E-state index contributed by atoms with van der Waals surface area (Å²) in [6, 6.07) is 6.40. The minimum atomic E-state index is 0.911. The van der Waals surface area contributed by atoms with Gasteiger partial charge in [-0.25, -0.2) is 0 Å². The highest BCUT2D eigenvalue weighted by Gasteiger charge is 2.12. The van der Waals surface area contributed by atoms with Crippen LogP contribution in [0.1, 0.15) is 32.0 Å². The van der Waals surface area contributed by atoms with Crippen LogP contribution < -0.4 is 16.2 Å². The van der Waals surface area contributed by atoms with E-state index in [0.29, 0.717) is 0 Å². The monoisotopic (exact) mass is 272 g/mol. The zero-order chi connectivity index (χ0) is 14.7. The van der Waals surface area contributed by atoms with Gasteiger partial charge in [-0.15, -0.1) is 0 Å². The molecule has 2 aromatic rings. The second kappa shape index (κ2) is 6.09. The molecule has 1 aromatic carbocycles. The zero-order valence-electron chi connectivity index (χ0n) is 12.8. The first kappa shape index (κ1) is 14.6. The molecule has 20 heavy (non-hydrogen) atoms. The number of hydrogen-bond donors (Lipinski definition) is 2. The molecule has 0 unspecified atom stereocenters. The number of pyridine rings is 1. The topological polar surface area (TPSA) is 54.2 Å². The van der Waals surface area contributed by atoms with E-state index in [1.54, 1.807) is 0 Å². The average molecular weight is 272 g/mol. The van der Waals surface area contributed by atoms with Gasteiger partial charge in [-0.1, -0.05) is 6.92 Å². The van der Waals surface area contributed by atoms with E-state index in [-0.39, 0.29) is 0 Å². The van der Waals surface area contributed by atoms with Crippen LogP contribution in [-0.4, -0.2) is 18.1 Å². The van der Waals surface area contributed by atoms with Gasteiger partial charge in [0.15, 0.2) is 0 Å². The second-order valence-electron chi connectivity index (χ2n) is 4.93. The SMILES string of the molecule is CCc1nc2ccc(N(CC)CC)cc2c(NN)c1C. The van der Waals surface area contributed by atoms with Crippen molar-refractivity contribution in [2.75, 3.05) is 23.4 Å². The highest BCUT2D eigenvalue weighted by atomic mass is 15.2. The Morgan fingerprint density at radius 2 is 1.90 bits per heavy atom. The maximum absolute atomic E-state index is 5.74. The fraction of sp³-hybridized carbons (Fsp3) is 0.438. The first-order valence-corrected chi connectivity index (χ1v) is 7.30. The number of nitrogens with two attached hydrogens (primary N) is 1. The van der Waals surface area contributed by atoms with E-state index in [1.807, 2.05) is 0 Å². The molecule has 4 nitrogen and oxygen atoms in total. The van der Waals surface area contributed by atoms with Crippen molar-refractivity contribution in [2.45, 2.75) is 34.1 Å². The number of fused-ring (bicyclic) bond motifs is 1. The molecule has 0 atom stereocenters. The van der Waals surface area contributed by atoms with Crippen LogP contribution in [0.2, 0.25) is 0 Å². The van der Waals surface area contributed by atoms with E-state index in [4.69, 9.17) is 10.8 Å². The van der Waals surface area contributed by atoms with Crippen LogP contribution in [-0.2, 0) is 6.42 Å². The Labute approximate surface area is 121 Å². The summed E-state index contributed by atoms with van der Waals surface area (Å²) >= 11 is 0. The van der Waals surface area contributed by atoms with Gasteiger partial charge in [0.25, 0.3) is 0 Å². The number of nitrogens with one attached hydrogen (secondary N) is 1. The van der Waals surface area contributed by atoms with Gasteiger partial charge in [0.05, 0.1) is 11.2 Å². The highest BCUT2D eigenvalue weighted by molar-refractivity contribution is 5.95. The molecule has 0 aliphatic heterocycles. The highest BCUT2D eigenvalue weighted by Crippen LogP contribution is 2.30. The summed E-state index contributed by atoms with van der Waals surface area (Å²) in [5.74, 6) is 5.74. The molecule has 0 spiro atoms. The summed E-state index contributed by atoms with van der Waals surface area (Å²) in [5, 5.41) is 1.09. The van der Waals surface area contributed by atoms with Crippen LogP contribution in [0.15, 0.2) is 18.2 Å². The molecule has 108 valence electrons. The number of aromatic nitrogens is 1. The Morgan fingerprint density at radius 3 is 2.45 bits per heavy atom. The molecule has 0 amide bonds. The summed E-state index contributed by atoms with van der Waals surface area (Å²) < 4.78 is 0. The van der Waals surface area contributed by atoms with Crippen molar-refractivity contribution in [1.29, 1.82) is 0 Å². The first-order valence-electron chi connectivity index (χ1n) is 7.30. The molecule has 0 saturated carbocycles. The van der Waals surface area contributed by atoms with Crippen LogP contribution >= 0.6 is 0 Å². The third-order valence-electron chi connectivity index (χ3n) is 3.92. The lowest BCUT2D eigenvalue weighted by Gasteiger charge is -2.22. The zero-order valence-corrected chi connectivity index (χ0v) is 12.8. The quantitative estimate of drug-likeness (QED) is 0.648. The lowest BCUT2D eigenvalue weighted by Crippen LogP contribution is -2.21. The van der Waals surface area contributed by atoms with Gasteiger partial charge in [0.2, 0.25) is 0 Å². The smallest absolute Gasteiger partial charge is 0.0728 e. The summed E-state index contributed by atoms with van der Waals surface area (Å²) in [6.07, 6.45) is 0.911. The summed E-state index contributed by atoms with van der Waals surface area (Å²) in [4.78, 5) is 7.06. The number of aryl methyl sites for hydroxylation is 1. The van der Waals surface area contributed by atoms with E-state index in [2.05, 4.69) is 56.2 Å². The van der Waals surface area contributed by atoms with Gasteiger partial charge < -0.3 is 10.3 Å². The standard InChI is InChI=1S/C16H24N4/c1-5-14-11(4)16(19-17)13-10-12(20(6-2)7-3)8-9-15(13)18-14/h8-10H,5-7,17H2,1-4H3,(H,18,19). The van der Waals surface area contributed by atoms with Gasteiger partial charge in [0, 0.05) is 29.9 Å². The van der Waals surface area contributed by atoms with Gasteiger partial charge in [-0.05, 0) is 51.0 Å². The lowest BCUT2D eigenvalue weighted by atomic mass is 10.0. The Hall–Kier alpha value is -1.81. The molecule has 0 bridgehead atoms. The van der Waals surface area contributed by atoms with E-state index in [1.165, 1.54) is 5.69 Å². The molecule has 2 rings (SSSR count). The molecule has 4 heteroatoms. The Kier molecular flexibility index (Phi) is 4.45. The first-order chi connectivity index (χ1) is 9.65. The van der Waals surface area contributed by atoms with Crippen molar-refractivity contribution in [1.82, 2.24) is 4.98 Å².